The Bertz CT molecular complexity index is 701. The Hall–Kier alpha value is -2.18. The Labute approximate surface area is 135 Å². The molecule has 1 aliphatic heterocycles. The van der Waals surface area contributed by atoms with Crippen molar-refractivity contribution in [3.63, 3.8) is 0 Å². The zero-order valence-electron chi connectivity index (χ0n) is 13.2. The molecule has 1 aromatic carbocycles. The lowest BCUT2D eigenvalue weighted by atomic mass is 9.97. The number of nitrogen functional groups attached to an aromatic ring is 1. The normalized spacial score (nSPS) is 24.0. The summed E-state index contributed by atoms with van der Waals surface area (Å²) in [5, 5.41) is 3.48. The van der Waals surface area contributed by atoms with Gasteiger partial charge in [-0.05, 0) is 17.9 Å². The number of hydrogen-bond donors (Lipinski definition) is 3. The summed E-state index contributed by atoms with van der Waals surface area (Å²) in [6.07, 6.45) is 2.53. The molecule has 1 saturated heterocycles. The van der Waals surface area contributed by atoms with Crippen LogP contribution in [0.3, 0.4) is 0 Å². The van der Waals surface area contributed by atoms with E-state index in [-0.39, 0.29) is 23.6 Å². The summed E-state index contributed by atoms with van der Waals surface area (Å²) in [5.41, 5.74) is 7.13. The molecule has 3 unspecified atom stereocenters. The topological polar surface area (TPSA) is 93.0 Å². The fourth-order valence-electron chi connectivity index (χ4n) is 3.12. The maximum atomic E-state index is 12.0. The summed E-state index contributed by atoms with van der Waals surface area (Å²) in [6.45, 7) is 3.35. The summed E-state index contributed by atoms with van der Waals surface area (Å²) in [4.78, 5) is 18.6. The van der Waals surface area contributed by atoms with E-state index in [0.29, 0.717) is 24.7 Å². The molecular formula is C17H22N4O2. The molecule has 2 heterocycles. The number of nitrogens with zero attached hydrogens (tertiary/aromatic N) is 1. The standard InChI is InChI=1S/C17H22N4O2/c1-11-7-13(10-23-9-12-5-3-2-4-6-12)20-15(11)14-8-19-17(18)21-16(14)22/h2-6,8,11,13,15,20H,7,9-10H2,1H3,(H3,18,19,21,22). The second kappa shape index (κ2) is 6.93. The monoisotopic (exact) mass is 314 g/mol. The molecule has 4 N–H and O–H groups in total. The van der Waals surface area contributed by atoms with Crippen LogP contribution in [0.15, 0.2) is 41.3 Å². The van der Waals surface area contributed by atoms with Gasteiger partial charge in [-0.2, -0.15) is 0 Å². The number of nitrogens with two attached hydrogens (primary N) is 1. The van der Waals surface area contributed by atoms with E-state index < -0.39 is 0 Å². The summed E-state index contributed by atoms with van der Waals surface area (Å²) < 4.78 is 5.80. The second-order valence-electron chi connectivity index (χ2n) is 6.11. The highest BCUT2D eigenvalue weighted by Crippen LogP contribution is 2.30. The number of ether oxygens (including phenoxy) is 1. The van der Waals surface area contributed by atoms with Gasteiger partial charge in [-0.15, -0.1) is 0 Å². The van der Waals surface area contributed by atoms with Crippen molar-refractivity contribution in [2.45, 2.75) is 32.0 Å². The van der Waals surface area contributed by atoms with Crippen LogP contribution in [0.4, 0.5) is 5.95 Å². The minimum absolute atomic E-state index is 0.0165. The molecule has 6 nitrogen and oxygen atoms in total. The Balaban J connectivity index is 1.57. The average Bonchev–Trinajstić information content (AvgIpc) is 2.89. The maximum Gasteiger partial charge on any atom is 0.257 e. The molecule has 3 rings (SSSR count). The van der Waals surface area contributed by atoms with Crippen LogP contribution in [0.1, 0.15) is 30.5 Å². The molecule has 23 heavy (non-hydrogen) atoms. The molecule has 0 radical (unpaired) electrons. The lowest BCUT2D eigenvalue weighted by Gasteiger charge is -2.16. The van der Waals surface area contributed by atoms with Crippen LogP contribution >= 0.6 is 0 Å². The first-order valence-electron chi connectivity index (χ1n) is 7.86. The van der Waals surface area contributed by atoms with Gasteiger partial charge in [-0.3, -0.25) is 9.78 Å². The van der Waals surface area contributed by atoms with Crippen molar-refractivity contribution >= 4 is 5.95 Å². The van der Waals surface area contributed by atoms with Crippen molar-refractivity contribution in [1.29, 1.82) is 0 Å². The molecular weight excluding hydrogens is 292 g/mol. The first-order valence-corrected chi connectivity index (χ1v) is 7.86. The van der Waals surface area contributed by atoms with E-state index in [9.17, 15) is 4.79 Å². The van der Waals surface area contributed by atoms with Crippen molar-refractivity contribution in [3.8, 4) is 0 Å². The van der Waals surface area contributed by atoms with Gasteiger partial charge in [0.05, 0.1) is 18.8 Å². The number of rotatable bonds is 5. The Morgan fingerprint density at radius 3 is 2.87 bits per heavy atom. The van der Waals surface area contributed by atoms with E-state index in [1.807, 2.05) is 30.3 Å². The van der Waals surface area contributed by atoms with Crippen LogP contribution in [0.25, 0.3) is 0 Å². The zero-order valence-corrected chi connectivity index (χ0v) is 13.2. The molecule has 0 amide bonds. The molecule has 3 atom stereocenters. The third-order valence-corrected chi connectivity index (χ3v) is 4.25. The molecule has 2 aromatic rings. The summed E-state index contributed by atoms with van der Waals surface area (Å²) in [6, 6.07) is 10.3. The molecule has 122 valence electrons. The van der Waals surface area contributed by atoms with Gasteiger partial charge in [0.2, 0.25) is 0 Å². The van der Waals surface area contributed by atoms with Crippen LogP contribution in [0.2, 0.25) is 0 Å². The summed E-state index contributed by atoms with van der Waals surface area (Å²) in [5.74, 6) is 0.485. The zero-order chi connectivity index (χ0) is 16.2. The van der Waals surface area contributed by atoms with E-state index in [1.165, 1.54) is 0 Å². The van der Waals surface area contributed by atoms with Crippen LogP contribution < -0.4 is 16.6 Å². The van der Waals surface area contributed by atoms with E-state index in [1.54, 1.807) is 6.20 Å². The van der Waals surface area contributed by atoms with Gasteiger partial charge in [0, 0.05) is 18.3 Å². The van der Waals surface area contributed by atoms with Gasteiger partial charge in [-0.1, -0.05) is 37.3 Å². The van der Waals surface area contributed by atoms with Crippen LogP contribution in [-0.2, 0) is 11.3 Å². The van der Waals surface area contributed by atoms with Gasteiger partial charge < -0.3 is 15.8 Å². The molecule has 1 aromatic heterocycles. The Morgan fingerprint density at radius 2 is 2.13 bits per heavy atom. The van der Waals surface area contributed by atoms with Crippen molar-refractivity contribution in [2.75, 3.05) is 12.3 Å². The van der Waals surface area contributed by atoms with Crippen LogP contribution in [-0.4, -0.2) is 22.6 Å². The minimum atomic E-state index is -0.173. The number of H-pyrrole nitrogens is 1. The lowest BCUT2D eigenvalue weighted by Crippen LogP contribution is -2.32. The largest absolute Gasteiger partial charge is 0.375 e. The summed E-state index contributed by atoms with van der Waals surface area (Å²) >= 11 is 0. The number of benzene rings is 1. The van der Waals surface area contributed by atoms with E-state index in [2.05, 4.69) is 22.2 Å². The first-order chi connectivity index (χ1) is 11.1. The quantitative estimate of drug-likeness (QED) is 0.779. The van der Waals surface area contributed by atoms with E-state index >= 15 is 0 Å². The van der Waals surface area contributed by atoms with Gasteiger partial charge >= 0.3 is 0 Å². The predicted molar refractivity (Wildman–Crippen MR) is 88.8 cm³/mol. The van der Waals surface area contributed by atoms with Crippen molar-refractivity contribution in [2.24, 2.45) is 5.92 Å². The molecule has 0 spiro atoms. The SMILES string of the molecule is CC1CC(COCc2ccccc2)NC1c1cnc(N)[nH]c1=O. The average molecular weight is 314 g/mol. The summed E-state index contributed by atoms with van der Waals surface area (Å²) in [7, 11) is 0. The van der Waals surface area contributed by atoms with Gasteiger partial charge in [0.15, 0.2) is 5.95 Å². The molecule has 0 aliphatic carbocycles. The van der Waals surface area contributed by atoms with Gasteiger partial charge in [0.1, 0.15) is 0 Å². The molecule has 0 saturated carbocycles. The predicted octanol–water partition coefficient (Wildman–Crippen LogP) is 1.61. The second-order valence-corrected chi connectivity index (χ2v) is 6.11. The fraction of sp³-hybridized carbons (Fsp3) is 0.412. The van der Waals surface area contributed by atoms with Crippen molar-refractivity contribution in [1.82, 2.24) is 15.3 Å². The van der Waals surface area contributed by atoms with E-state index in [0.717, 1.165) is 12.0 Å². The third kappa shape index (κ3) is 3.78. The molecule has 6 heteroatoms. The van der Waals surface area contributed by atoms with Gasteiger partial charge in [-0.25, -0.2) is 4.98 Å². The molecule has 0 bridgehead atoms. The van der Waals surface area contributed by atoms with Crippen molar-refractivity contribution in [3.05, 3.63) is 58.0 Å². The lowest BCUT2D eigenvalue weighted by molar-refractivity contribution is 0.102. The molecule has 1 fully saturated rings. The van der Waals surface area contributed by atoms with Crippen LogP contribution in [0.5, 0.6) is 0 Å². The highest BCUT2D eigenvalue weighted by atomic mass is 16.5. The number of aromatic amines is 1. The Kier molecular flexibility index (Phi) is 4.73. The highest BCUT2D eigenvalue weighted by molar-refractivity contribution is 5.21. The first kappa shape index (κ1) is 15.7. The van der Waals surface area contributed by atoms with E-state index in [4.69, 9.17) is 10.5 Å². The Morgan fingerprint density at radius 1 is 1.35 bits per heavy atom. The smallest absolute Gasteiger partial charge is 0.257 e. The number of aromatic nitrogens is 2. The number of anilines is 1. The van der Waals surface area contributed by atoms with Gasteiger partial charge in [0.25, 0.3) is 5.56 Å². The van der Waals surface area contributed by atoms with Crippen molar-refractivity contribution < 1.29 is 4.74 Å². The molecule has 1 aliphatic rings. The number of nitrogens with one attached hydrogen (secondary N) is 2. The third-order valence-electron chi connectivity index (χ3n) is 4.25. The maximum absolute atomic E-state index is 12.0. The minimum Gasteiger partial charge on any atom is -0.375 e. The fourth-order valence-corrected chi connectivity index (χ4v) is 3.12. The number of hydrogen-bond acceptors (Lipinski definition) is 5. The highest BCUT2D eigenvalue weighted by Gasteiger charge is 2.33. The van der Waals surface area contributed by atoms with Crippen LogP contribution in [0, 0.1) is 5.92 Å².